The largest absolute Gasteiger partial charge is 0.478 e. The van der Waals surface area contributed by atoms with Crippen LogP contribution in [0, 0.1) is 0 Å². The van der Waals surface area contributed by atoms with Gasteiger partial charge in [0.2, 0.25) is 5.09 Å². The van der Waals surface area contributed by atoms with E-state index in [1.54, 1.807) is 0 Å². The highest BCUT2D eigenvalue weighted by molar-refractivity contribution is 7.89. The highest BCUT2D eigenvalue weighted by atomic mass is 32.2. The van der Waals surface area contributed by atoms with E-state index in [9.17, 15) is 8.42 Å². The van der Waals surface area contributed by atoms with Crippen LogP contribution in [0.4, 0.5) is 0 Å². The minimum Gasteiger partial charge on any atom is -0.478 e. The maximum atomic E-state index is 10.1. The summed E-state index contributed by atoms with van der Waals surface area (Å²) in [5.41, 5.74) is 0. The molecule has 0 saturated heterocycles. The molecule has 0 heterocycles. The van der Waals surface area contributed by atoms with E-state index < -0.39 is 15.2 Å². The lowest BCUT2D eigenvalue weighted by atomic mass is 10.7. The Morgan fingerprint density at radius 3 is 2.50 bits per heavy atom. The van der Waals surface area contributed by atoms with E-state index in [0.717, 1.165) is 0 Å². The van der Waals surface area contributed by atoms with Crippen LogP contribution in [0.15, 0.2) is 24.3 Å². The lowest BCUT2D eigenvalue weighted by molar-refractivity contribution is 0.266. The zero-order valence-corrected chi connectivity index (χ0v) is 6.10. The highest BCUT2D eigenvalue weighted by Gasteiger charge is 2.10. The number of hydrogen-bond acceptors (Lipinski definition) is 3. The van der Waals surface area contributed by atoms with E-state index >= 15 is 0 Å². The van der Waals surface area contributed by atoms with Crippen molar-refractivity contribution in [2.24, 2.45) is 0 Å². The molecule has 5 heteroatoms. The van der Waals surface area contributed by atoms with Gasteiger partial charge in [-0.3, -0.25) is 4.55 Å². The second kappa shape index (κ2) is 3.38. The van der Waals surface area contributed by atoms with Crippen molar-refractivity contribution in [1.82, 2.24) is 0 Å². The predicted octanol–water partition coefficient (Wildman–Crippen LogP) is 0.548. The lowest BCUT2D eigenvalue weighted by Gasteiger charge is -2.00. The molecule has 0 aromatic heterocycles. The Balaban J connectivity index is 4.00. The first-order valence-electron chi connectivity index (χ1n) is 2.38. The van der Waals surface area contributed by atoms with E-state index in [1.807, 2.05) is 0 Å². The van der Waals surface area contributed by atoms with E-state index in [2.05, 4.69) is 17.9 Å². The van der Waals surface area contributed by atoms with Crippen LogP contribution in [-0.4, -0.2) is 19.6 Å². The Hall–Kier alpha value is -0.810. The van der Waals surface area contributed by atoms with Crippen molar-refractivity contribution in [1.29, 1.82) is 0 Å². The van der Waals surface area contributed by atoms with Gasteiger partial charge in [0.05, 0.1) is 0 Å². The van der Waals surface area contributed by atoms with Gasteiger partial charge in [0.1, 0.15) is 6.61 Å². The molecule has 0 aromatic carbocycles. The van der Waals surface area contributed by atoms with Crippen LogP contribution < -0.4 is 0 Å². The molecule has 0 aliphatic carbocycles. The summed E-state index contributed by atoms with van der Waals surface area (Å²) in [6.45, 7) is 6.24. The van der Waals surface area contributed by atoms with Crippen LogP contribution in [0.25, 0.3) is 0 Å². The average Bonchev–Trinajstić information content (AvgIpc) is 1.80. The topological polar surface area (TPSA) is 63.6 Å². The smallest absolute Gasteiger partial charge is 0.327 e. The van der Waals surface area contributed by atoms with Gasteiger partial charge in [-0.1, -0.05) is 12.7 Å². The monoisotopic (exact) mass is 164 g/mol. The normalized spacial score (nSPS) is 10.5. The van der Waals surface area contributed by atoms with E-state index in [0.29, 0.717) is 0 Å². The van der Waals surface area contributed by atoms with Crippen molar-refractivity contribution < 1.29 is 17.7 Å². The SMILES string of the molecule is C=CCOC(=C)S(=O)(=O)O. The molecule has 0 unspecified atom stereocenters. The molecule has 0 atom stereocenters. The molecule has 10 heavy (non-hydrogen) atoms. The van der Waals surface area contributed by atoms with Crippen molar-refractivity contribution in [3.63, 3.8) is 0 Å². The van der Waals surface area contributed by atoms with E-state index in [1.165, 1.54) is 6.08 Å². The maximum Gasteiger partial charge on any atom is 0.327 e. The third-order valence-corrected chi connectivity index (χ3v) is 1.34. The van der Waals surface area contributed by atoms with Crippen molar-refractivity contribution in [2.45, 2.75) is 0 Å². The van der Waals surface area contributed by atoms with E-state index in [4.69, 9.17) is 4.55 Å². The Kier molecular flexibility index (Phi) is 3.11. The fraction of sp³-hybridized carbons (Fsp3) is 0.200. The van der Waals surface area contributed by atoms with Gasteiger partial charge in [0.25, 0.3) is 0 Å². The van der Waals surface area contributed by atoms with Crippen LogP contribution in [0.1, 0.15) is 0 Å². The molecular formula is C5H8O4S. The van der Waals surface area contributed by atoms with Crippen molar-refractivity contribution >= 4 is 10.1 Å². The summed E-state index contributed by atoms with van der Waals surface area (Å²) in [7, 11) is -4.24. The fourth-order valence-corrected chi connectivity index (χ4v) is 0.443. The fourth-order valence-electron chi connectivity index (χ4n) is 0.226. The van der Waals surface area contributed by atoms with E-state index in [-0.39, 0.29) is 6.61 Å². The van der Waals surface area contributed by atoms with Crippen LogP contribution in [0.2, 0.25) is 0 Å². The van der Waals surface area contributed by atoms with Crippen LogP contribution in [0.3, 0.4) is 0 Å². The van der Waals surface area contributed by atoms with Gasteiger partial charge in [-0.05, 0) is 6.58 Å². The molecule has 0 bridgehead atoms. The van der Waals surface area contributed by atoms with Crippen LogP contribution in [0.5, 0.6) is 0 Å². The van der Waals surface area contributed by atoms with Crippen LogP contribution >= 0.6 is 0 Å². The predicted molar refractivity (Wildman–Crippen MR) is 36.8 cm³/mol. The first kappa shape index (κ1) is 9.19. The van der Waals surface area contributed by atoms with Gasteiger partial charge in [-0.2, -0.15) is 8.42 Å². The Bertz CT molecular complexity index is 226. The Labute approximate surface area is 59.6 Å². The second-order valence-electron chi connectivity index (χ2n) is 1.45. The molecule has 4 nitrogen and oxygen atoms in total. The summed E-state index contributed by atoms with van der Waals surface area (Å²) in [5, 5.41) is -0.660. The Morgan fingerprint density at radius 1 is 1.70 bits per heavy atom. The minimum atomic E-state index is -4.24. The summed E-state index contributed by atoms with van der Waals surface area (Å²) < 4.78 is 32.9. The third kappa shape index (κ3) is 3.26. The molecule has 0 aliphatic heterocycles. The summed E-state index contributed by atoms with van der Waals surface area (Å²) >= 11 is 0. The Morgan fingerprint density at radius 2 is 2.20 bits per heavy atom. The summed E-state index contributed by atoms with van der Waals surface area (Å²) in [4.78, 5) is 0. The molecule has 0 radical (unpaired) electrons. The van der Waals surface area contributed by atoms with Crippen molar-refractivity contribution in [2.75, 3.05) is 6.61 Å². The molecule has 0 saturated carbocycles. The van der Waals surface area contributed by atoms with Gasteiger partial charge < -0.3 is 4.74 Å². The quantitative estimate of drug-likeness (QED) is 0.374. The molecule has 0 aliphatic rings. The number of rotatable bonds is 4. The second-order valence-corrected chi connectivity index (χ2v) is 2.85. The molecule has 58 valence electrons. The van der Waals surface area contributed by atoms with Gasteiger partial charge >= 0.3 is 10.1 Å². The first-order chi connectivity index (χ1) is 4.48. The molecule has 0 amide bonds. The lowest BCUT2D eigenvalue weighted by Crippen LogP contribution is -2.04. The van der Waals surface area contributed by atoms with Crippen LogP contribution in [-0.2, 0) is 14.9 Å². The summed E-state index contributed by atoms with van der Waals surface area (Å²) in [5.74, 6) is 0. The molecule has 1 N–H and O–H groups in total. The van der Waals surface area contributed by atoms with Gasteiger partial charge in [0, 0.05) is 0 Å². The minimum absolute atomic E-state index is 0.0125. The molecule has 0 fully saturated rings. The zero-order chi connectivity index (χ0) is 8.20. The maximum absolute atomic E-state index is 10.1. The van der Waals surface area contributed by atoms with Crippen molar-refractivity contribution in [3.05, 3.63) is 24.3 Å². The molecule has 0 rings (SSSR count). The third-order valence-electron chi connectivity index (χ3n) is 0.650. The first-order valence-corrected chi connectivity index (χ1v) is 3.82. The van der Waals surface area contributed by atoms with Gasteiger partial charge in [-0.15, -0.1) is 0 Å². The summed E-state index contributed by atoms with van der Waals surface area (Å²) in [6.07, 6.45) is 1.34. The molecule has 0 aromatic rings. The highest BCUT2D eigenvalue weighted by Crippen LogP contribution is 2.01. The molecule has 0 spiro atoms. The van der Waals surface area contributed by atoms with Gasteiger partial charge in [0.15, 0.2) is 0 Å². The van der Waals surface area contributed by atoms with Gasteiger partial charge in [-0.25, -0.2) is 0 Å². The summed E-state index contributed by atoms with van der Waals surface area (Å²) in [6, 6.07) is 0. The standard InChI is InChI=1S/C5H8O4S/c1-3-4-9-5(2)10(6,7)8/h3H,1-2,4H2,(H,6,7,8). The number of hydrogen-bond donors (Lipinski definition) is 1. The number of ether oxygens (including phenoxy) is 1. The average molecular weight is 164 g/mol. The van der Waals surface area contributed by atoms with Crippen molar-refractivity contribution in [3.8, 4) is 0 Å². The molecular weight excluding hydrogens is 156 g/mol. The zero-order valence-electron chi connectivity index (χ0n) is 5.28.